The summed E-state index contributed by atoms with van der Waals surface area (Å²) < 4.78 is 5.20. The fourth-order valence-electron chi connectivity index (χ4n) is 2.83. The van der Waals surface area contributed by atoms with Gasteiger partial charge in [-0.2, -0.15) is 5.48 Å². The number of hydrogen-bond donors (Lipinski definition) is 1. The smallest absolute Gasteiger partial charge is 0.284 e. The van der Waals surface area contributed by atoms with E-state index in [1.54, 1.807) is 43.8 Å². The molecule has 0 bridgehead atoms. The van der Waals surface area contributed by atoms with Crippen molar-refractivity contribution in [3.05, 3.63) is 88.2 Å². The molecule has 0 atom stereocenters. The molecule has 1 heterocycles. The van der Waals surface area contributed by atoms with E-state index in [1.807, 2.05) is 31.2 Å². The highest BCUT2D eigenvalue weighted by Crippen LogP contribution is 2.29. The Kier molecular flexibility index (Phi) is 6.50. The van der Waals surface area contributed by atoms with Gasteiger partial charge in [0.2, 0.25) is 0 Å². The number of carbonyl (C=O) groups is 1. The Morgan fingerprint density at radius 3 is 2.43 bits per heavy atom. The van der Waals surface area contributed by atoms with Gasteiger partial charge in [-0.15, -0.1) is 0 Å². The number of aryl methyl sites for hydroxylation is 1. The largest absolute Gasteiger partial charge is 0.497 e. The van der Waals surface area contributed by atoms with E-state index >= 15 is 0 Å². The molecule has 1 N–H and O–H groups in total. The van der Waals surface area contributed by atoms with Crippen LogP contribution in [-0.4, -0.2) is 18.0 Å². The van der Waals surface area contributed by atoms with Crippen molar-refractivity contribution in [1.29, 1.82) is 0 Å². The lowest BCUT2D eigenvalue weighted by molar-refractivity contribution is 0.0758. The second-order valence-electron chi connectivity index (χ2n) is 6.27. The van der Waals surface area contributed by atoms with Crippen LogP contribution < -0.4 is 15.1 Å². The Bertz CT molecular complexity index is 944. The SMILES string of the molecule is COc1ccc(CCc2c(ONC(=O)c3ccncc3)ccc(Cl)c2C)cc1. The van der Waals surface area contributed by atoms with E-state index in [2.05, 4.69) is 10.5 Å². The number of halogens is 1. The van der Waals surface area contributed by atoms with Gasteiger partial charge in [-0.3, -0.25) is 9.78 Å². The van der Waals surface area contributed by atoms with Gasteiger partial charge in [0.05, 0.1) is 7.11 Å². The van der Waals surface area contributed by atoms with E-state index in [4.69, 9.17) is 21.2 Å². The first kappa shape index (κ1) is 19.7. The number of carbonyl (C=O) groups excluding carboxylic acids is 1. The lowest BCUT2D eigenvalue weighted by Gasteiger charge is -2.15. The number of rotatable bonds is 7. The number of hydrogen-bond acceptors (Lipinski definition) is 4. The quantitative estimate of drug-likeness (QED) is 0.594. The van der Waals surface area contributed by atoms with E-state index in [0.29, 0.717) is 16.3 Å². The Balaban J connectivity index is 1.72. The van der Waals surface area contributed by atoms with Gasteiger partial charge < -0.3 is 9.57 Å². The minimum atomic E-state index is -0.337. The average Bonchev–Trinajstić information content (AvgIpc) is 2.74. The van der Waals surface area contributed by atoms with Crippen molar-refractivity contribution in [1.82, 2.24) is 10.5 Å². The van der Waals surface area contributed by atoms with Gasteiger partial charge >= 0.3 is 0 Å². The Hall–Kier alpha value is -3.05. The first-order chi connectivity index (χ1) is 13.6. The predicted molar refractivity (Wildman–Crippen MR) is 109 cm³/mol. The molecule has 0 unspecified atom stereocenters. The molecule has 3 rings (SSSR count). The van der Waals surface area contributed by atoms with Gasteiger partial charge in [-0.1, -0.05) is 23.7 Å². The number of aromatic nitrogens is 1. The topological polar surface area (TPSA) is 60.5 Å². The highest BCUT2D eigenvalue weighted by molar-refractivity contribution is 6.31. The minimum absolute atomic E-state index is 0.337. The summed E-state index contributed by atoms with van der Waals surface area (Å²) in [6.07, 6.45) is 4.64. The molecule has 28 heavy (non-hydrogen) atoms. The summed E-state index contributed by atoms with van der Waals surface area (Å²) >= 11 is 6.30. The monoisotopic (exact) mass is 396 g/mol. The molecule has 1 amide bonds. The second-order valence-corrected chi connectivity index (χ2v) is 6.67. The number of nitrogens with zero attached hydrogens (tertiary/aromatic N) is 1. The van der Waals surface area contributed by atoms with Crippen LogP contribution in [0.2, 0.25) is 5.02 Å². The van der Waals surface area contributed by atoms with E-state index < -0.39 is 0 Å². The normalized spacial score (nSPS) is 10.4. The molecule has 6 heteroatoms. The van der Waals surface area contributed by atoms with Crippen LogP contribution in [-0.2, 0) is 12.8 Å². The summed E-state index contributed by atoms with van der Waals surface area (Å²) in [4.78, 5) is 21.7. The van der Waals surface area contributed by atoms with Gasteiger partial charge in [-0.05, 0) is 67.3 Å². The second kappa shape index (κ2) is 9.24. The molecule has 2 aromatic carbocycles. The van der Waals surface area contributed by atoms with Crippen LogP contribution in [0.4, 0.5) is 0 Å². The van der Waals surface area contributed by atoms with Crippen molar-refractivity contribution < 1.29 is 14.4 Å². The number of methoxy groups -OCH3 is 1. The molecule has 0 saturated heterocycles. The lowest BCUT2D eigenvalue weighted by atomic mass is 9.99. The zero-order valence-corrected chi connectivity index (χ0v) is 16.5. The molecule has 0 aliphatic rings. The first-order valence-electron chi connectivity index (χ1n) is 8.86. The molecule has 0 fully saturated rings. The standard InChI is InChI=1S/C22H21ClN2O3/c1-15-19(8-5-16-3-6-18(27-2)7-4-16)21(10-9-20(15)23)28-25-22(26)17-11-13-24-14-12-17/h3-4,6-7,9-14H,5,8H2,1-2H3,(H,25,26). The Labute approximate surface area is 169 Å². The van der Waals surface area contributed by atoms with Crippen LogP contribution in [0.25, 0.3) is 0 Å². The maximum Gasteiger partial charge on any atom is 0.284 e. The lowest BCUT2D eigenvalue weighted by Crippen LogP contribution is -2.27. The summed E-state index contributed by atoms with van der Waals surface area (Å²) in [5.41, 5.74) is 6.03. The molecule has 0 radical (unpaired) electrons. The molecular formula is C22H21ClN2O3. The van der Waals surface area contributed by atoms with Crippen molar-refractivity contribution in [3.8, 4) is 11.5 Å². The van der Waals surface area contributed by atoms with Gasteiger partial charge in [0.15, 0.2) is 5.75 Å². The van der Waals surface area contributed by atoms with Crippen molar-refractivity contribution in [2.24, 2.45) is 0 Å². The number of benzene rings is 2. The average molecular weight is 397 g/mol. The number of hydroxylamine groups is 1. The fraction of sp³-hybridized carbons (Fsp3) is 0.182. The number of pyridine rings is 1. The van der Waals surface area contributed by atoms with Crippen molar-refractivity contribution in [2.75, 3.05) is 7.11 Å². The van der Waals surface area contributed by atoms with E-state index in [-0.39, 0.29) is 5.91 Å². The third-order valence-electron chi connectivity index (χ3n) is 4.51. The third-order valence-corrected chi connectivity index (χ3v) is 4.92. The highest BCUT2D eigenvalue weighted by atomic mass is 35.5. The summed E-state index contributed by atoms with van der Waals surface area (Å²) in [5.74, 6) is 1.07. The third kappa shape index (κ3) is 4.81. The summed E-state index contributed by atoms with van der Waals surface area (Å²) in [6, 6.07) is 14.7. The van der Waals surface area contributed by atoms with Crippen LogP contribution in [0.5, 0.6) is 11.5 Å². The van der Waals surface area contributed by atoms with Crippen LogP contribution >= 0.6 is 11.6 Å². The minimum Gasteiger partial charge on any atom is -0.497 e. The van der Waals surface area contributed by atoms with Gasteiger partial charge in [0, 0.05) is 28.5 Å². The Morgan fingerprint density at radius 1 is 1.04 bits per heavy atom. The van der Waals surface area contributed by atoms with Crippen LogP contribution in [0.15, 0.2) is 60.9 Å². The van der Waals surface area contributed by atoms with Gasteiger partial charge in [0.1, 0.15) is 5.75 Å². The molecule has 1 aromatic heterocycles. The molecular weight excluding hydrogens is 376 g/mol. The molecule has 0 aliphatic heterocycles. The van der Waals surface area contributed by atoms with Crippen molar-refractivity contribution >= 4 is 17.5 Å². The van der Waals surface area contributed by atoms with Crippen LogP contribution in [0.1, 0.15) is 27.0 Å². The zero-order valence-electron chi connectivity index (χ0n) is 15.7. The van der Waals surface area contributed by atoms with E-state index in [9.17, 15) is 4.79 Å². The molecule has 0 aliphatic carbocycles. The van der Waals surface area contributed by atoms with Crippen LogP contribution in [0.3, 0.4) is 0 Å². The summed E-state index contributed by atoms with van der Waals surface area (Å²) in [7, 11) is 1.65. The predicted octanol–water partition coefficient (Wildman–Crippen LogP) is 4.56. The summed E-state index contributed by atoms with van der Waals surface area (Å²) in [5, 5.41) is 0.664. The van der Waals surface area contributed by atoms with Gasteiger partial charge in [-0.25, -0.2) is 0 Å². The number of nitrogens with one attached hydrogen (secondary N) is 1. The summed E-state index contributed by atoms with van der Waals surface area (Å²) in [6.45, 7) is 1.95. The fourth-order valence-corrected chi connectivity index (χ4v) is 3.01. The molecule has 3 aromatic rings. The zero-order chi connectivity index (χ0) is 19.9. The van der Waals surface area contributed by atoms with E-state index in [1.165, 1.54) is 5.56 Å². The first-order valence-corrected chi connectivity index (χ1v) is 9.24. The van der Waals surface area contributed by atoms with Crippen molar-refractivity contribution in [2.45, 2.75) is 19.8 Å². The van der Waals surface area contributed by atoms with Gasteiger partial charge in [0.25, 0.3) is 5.91 Å². The highest BCUT2D eigenvalue weighted by Gasteiger charge is 2.13. The van der Waals surface area contributed by atoms with Crippen LogP contribution in [0, 0.1) is 6.92 Å². The number of amides is 1. The van der Waals surface area contributed by atoms with E-state index in [0.717, 1.165) is 29.7 Å². The molecule has 0 spiro atoms. The Morgan fingerprint density at radius 2 is 1.75 bits per heavy atom. The molecule has 144 valence electrons. The maximum atomic E-state index is 12.2. The molecule has 0 saturated carbocycles. The number of ether oxygens (including phenoxy) is 1. The van der Waals surface area contributed by atoms with Crippen molar-refractivity contribution in [3.63, 3.8) is 0 Å². The maximum absolute atomic E-state index is 12.2. The molecule has 5 nitrogen and oxygen atoms in total.